The highest BCUT2D eigenvalue weighted by Gasteiger charge is 2.64. The lowest BCUT2D eigenvalue weighted by atomic mass is 9.49. The lowest BCUT2D eigenvalue weighted by Gasteiger charge is -2.63. The Morgan fingerprint density at radius 1 is 0.985 bits per heavy atom. The summed E-state index contributed by atoms with van der Waals surface area (Å²) in [5, 5.41) is 28.7. The fraction of sp³-hybridized carbons (Fsp3) is 0.480. The van der Waals surface area contributed by atoms with Crippen LogP contribution in [0.4, 0.5) is 0 Å². The van der Waals surface area contributed by atoms with Crippen LogP contribution in [0.2, 0.25) is 5.02 Å². The van der Waals surface area contributed by atoms with E-state index in [9.17, 15) is 29.5 Å². The maximum atomic E-state index is 14.3. The van der Waals surface area contributed by atoms with Crippen LogP contribution >= 0.6 is 11.6 Å². The first-order valence-electron chi connectivity index (χ1n) is 22.3. The number of aromatic nitrogens is 1. The molecule has 4 aromatic rings. The van der Waals surface area contributed by atoms with Crippen molar-refractivity contribution in [3.05, 3.63) is 101 Å². The van der Waals surface area contributed by atoms with Crippen molar-refractivity contribution in [1.82, 2.24) is 25.8 Å². The fourth-order valence-electron chi connectivity index (χ4n) is 9.03. The second-order valence-corrected chi connectivity index (χ2v) is 19.7. The summed E-state index contributed by atoms with van der Waals surface area (Å²) in [6.45, 7) is 14.4. The summed E-state index contributed by atoms with van der Waals surface area (Å²) in [5.74, 6) is 0.0767. The first-order valence-corrected chi connectivity index (χ1v) is 22.7. The number of unbranched alkanes of at least 4 members (excludes halogenated alkanes) is 2. The van der Waals surface area contributed by atoms with Crippen molar-refractivity contribution in [1.29, 1.82) is 5.26 Å². The Morgan fingerprint density at radius 3 is 2.27 bits per heavy atom. The van der Waals surface area contributed by atoms with Crippen molar-refractivity contribution in [2.75, 3.05) is 26.4 Å². The number of rotatable bonds is 19. The molecule has 0 unspecified atom stereocenters. The highest BCUT2D eigenvalue weighted by molar-refractivity contribution is 6.31. The molecule has 0 radical (unpaired) electrons. The number of imide groups is 1. The Hall–Kier alpha value is -5.79. The number of carbonyl (C=O) groups is 4. The maximum absolute atomic E-state index is 14.3. The highest BCUT2D eigenvalue weighted by atomic mass is 35.5. The molecular formula is C50H61ClN6O9. The number of hydrogen-bond acceptors (Lipinski definition) is 12. The molecule has 2 fully saturated rings. The van der Waals surface area contributed by atoms with Gasteiger partial charge in [-0.2, -0.15) is 5.26 Å². The van der Waals surface area contributed by atoms with Crippen LogP contribution in [0.3, 0.4) is 0 Å². The predicted octanol–water partition coefficient (Wildman–Crippen LogP) is 6.85. The van der Waals surface area contributed by atoms with E-state index < -0.39 is 52.2 Å². The molecule has 2 heterocycles. The molecule has 4 amide bonds. The molecule has 0 spiro atoms. The summed E-state index contributed by atoms with van der Waals surface area (Å²) < 4.78 is 23.3. The van der Waals surface area contributed by atoms with E-state index in [1.165, 1.54) is 6.39 Å². The third-order valence-corrected chi connectivity index (χ3v) is 12.7. The van der Waals surface area contributed by atoms with Crippen molar-refractivity contribution in [2.24, 2.45) is 16.2 Å². The van der Waals surface area contributed by atoms with Crippen molar-refractivity contribution in [3.63, 3.8) is 0 Å². The third kappa shape index (κ3) is 12.0. The van der Waals surface area contributed by atoms with Gasteiger partial charge in [-0.05, 0) is 73.1 Å². The van der Waals surface area contributed by atoms with Gasteiger partial charge < -0.3 is 39.7 Å². The normalized spacial score (nSPS) is 20.0. The van der Waals surface area contributed by atoms with Crippen LogP contribution in [0.15, 0.2) is 83.7 Å². The van der Waals surface area contributed by atoms with Crippen LogP contribution in [-0.2, 0) is 25.7 Å². The zero-order valence-electron chi connectivity index (χ0n) is 38.7. The monoisotopic (exact) mass is 924 g/mol. The van der Waals surface area contributed by atoms with Gasteiger partial charge in [0.1, 0.15) is 36.3 Å². The van der Waals surface area contributed by atoms with Gasteiger partial charge in [0.05, 0.1) is 42.1 Å². The van der Waals surface area contributed by atoms with E-state index in [2.05, 4.69) is 54.7 Å². The van der Waals surface area contributed by atoms with Gasteiger partial charge in [-0.15, -0.1) is 0 Å². The van der Waals surface area contributed by atoms with Gasteiger partial charge in [-0.1, -0.05) is 84.3 Å². The zero-order chi connectivity index (χ0) is 47.8. The van der Waals surface area contributed by atoms with E-state index in [1.54, 1.807) is 60.8 Å². The van der Waals surface area contributed by atoms with Gasteiger partial charge in [-0.3, -0.25) is 24.1 Å². The average molecular weight is 926 g/mol. The van der Waals surface area contributed by atoms with E-state index >= 15 is 0 Å². The van der Waals surface area contributed by atoms with Crippen molar-refractivity contribution in [3.8, 4) is 28.9 Å². The standard InChI is InChI=1S/C50H61ClN6O9/c1-48(2,3)42(45(62)57(44(61)39-23-35(58)26-54-39)28-31-11-13-32(14-12-31)40-27-53-30-65-40)55-41(59)29-63-21-9-8-10-22-64-36-18-15-33(16-19-36)43(60)56-46-49(4,5)47(50(46,6)7)66-37-20-17-34(25-52)38(51)24-37/h11-20,24,27,30,35,39,42,46-47,54,58H,8-10,21-23,26,28-29H2,1-7H3,(H,55,59)(H,56,60)/t35-,39+,42-,46-,47-/m1/s1. The van der Waals surface area contributed by atoms with Crippen molar-refractivity contribution < 1.29 is 42.9 Å². The fourth-order valence-corrected chi connectivity index (χ4v) is 9.24. The predicted molar refractivity (Wildman–Crippen MR) is 247 cm³/mol. The average Bonchev–Trinajstić information content (AvgIpc) is 3.99. The molecular weight excluding hydrogens is 864 g/mol. The number of nitrogens with one attached hydrogen (secondary N) is 3. The Morgan fingerprint density at radius 2 is 1.67 bits per heavy atom. The number of halogens is 1. The zero-order valence-corrected chi connectivity index (χ0v) is 39.4. The van der Waals surface area contributed by atoms with Gasteiger partial charge in [0.15, 0.2) is 12.2 Å². The van der Waals surface area contributed by atoms with Crippen LogP contribution < -0.4 is 25.4 Å². The number of nitriles is 1. The van der Waals surface area contributed by atoms with E-state index in [4.69, 9.17) is 30.2 Å². The first-order chi connectivity index (χ1) is 31.3. The SMILES string of the molecule is CC(C)(C)[C@H](NC(=O)COCCCCCOc1ccc(C(=O)N[C@H]2C(C)(C)[C@H](Oc3ccc(C#N)c(Cl)c3)C2(C)C)cc1)C(=O)N(Cc1ccc(-c2cnco2)cc1)C(=O)[C@@H]1C[C@@H](O)CN1. The number of benzene rings is 3. The Labute approximate surface area is 391 Å². The number of β-amino-alcohol motifs (C(OH)–C–C–N with tert-alkyl or cyclic N) is 1. The summed E-state index contributed by atoms with van der Waals surface area (Å²) in [4.78, 5) is 59.7. The van der Waals surface area contributed by atoms with Crippen molar-refractivity contribution in [2.45, 2.75) is 111 Å². The molecule has 1 aliphatic heterocycles. The Balaban J connectivity index is 0.916. The van der Waals surface area contributed by atoms with Gasteiger partial charge in [0, 0.05) is 47.2 Å². The Kier molecular flexibility index (Phi) is 16.0. The molecule has 3 aromatic carbocycles. The second kappa shape index (κ2) is 21.2. The molecule has 16 heteroatoms. The molecule has 1 aliphatic carbocycles. The van der Waals surface area contributed by atoms with Gasteiger partial charge in [-0.25, -0.2) is 4.98 Å². The summed E-state index contributed by atoms with van der Waals surface area (Å²) >= 11 is 6.23. The lowest BCUT2D eigenvalue weighted by Crippen LogP contribution is -2.74. The smallest absolute Gasteiger partial charge is 0.252 e. The largest absolute Gasteiger partial charge is 0.494 e. The molecule has 352 valence electrons. The molecule has 6 rings (SSSR count). The summed E-state index contributed by atoms with van der Waals surface area (Å²) in [7, 11) is 0. The van der Waals surface area contributed by atoms with Gasteiger partial charge >= 0.3 is 0 Å². The summed E-state index contributed by atoms with van der Waals surface area (Å²) in [6.07, 6.45) is 4.38. The molecule has 1 saturated heterocycles. The highest BCUT2D eigenvalue weighted by Crippen LogP contribution is 2.55. The maximum Gasteiger partial charge on any atom is 0.252 e. The number of ether oxygens (including phenoxy) is 3. The van der Waals surface area contributed by atoms with E-state index in [0.717, 1.165) is 23.3 Å². The molecule has 1 aromatic heterocycles. The minimum absolute atomic E-state index is 0.0380. The van der Waals surface area contributed by atoms with Crippen LogP contribution in [-0.4, -0.2) is 95.3 Å². The number of amides is 4. The van der Waals surface area contributed by atoms with Gasteiger partial charge in [0.2, 0.25) is 11.8 Å². The van der Waals surface area contributed by atoms with Crippen LogP contribution in [0, 0.1) is 27.6 Å². The first kappa shape index (κ1) is 49.6. The minimum atomic E-state index is -1.05. The number of aliphatic hydroxyl groups is 1. The molecule has 4 N–H and O–H groups in total. The van der Waals surface area contributed by atoms with E-state index in [0.29, 0.717) is 58.6 Å². The molecule has 3 atom stereocenters. The van der Waals surface area contributed by atoms with Crippen LogP contribution in [0.5, 0.6) is 11.5 Å². The number of aliphatic hydroxyl groups excluding tert-OH is 1. The molecule has 2 aliphatic rings. The summed E-state index contributed by atoms with van der Waals surface area (Å²) in [5.41, 5.74) is 0.826. The van der Waals surface area contributed by atoms with E-state index in [1.807, 2.05) is 32.9 Å². The molecule has 15 nitrogen and oxygen atoms in total. The number of nitrogens with zero attached hydrogens (tertiary/aromatic N) is 3. The van der Waals surface area contributed by atoms with Crippen LogP contribution in [0.1, 0.15) is 95.6 Å². The minimum Gasteiger partial charge on any atom is -0.494 e. The lowest BCUT2D eigenvalue weighted by molar-refractivity contribution is -0.164. The molecule has 66 heavy (non-hydrogen) atoms. The van der Waals surface area contributed by atoms with Crippen LogP contribution in [0.25, 0.3) is 11.3 Å². The topological polar surface area (TPSA) is 205 Å². The quantitative estimate of drug-likeness (QED) is 0.0713. The molecule has 0 bridgehead atoms. The molecule has 1 saturated carbocycles. The van der Waals surface area contributed by atoms with Crippen molar-refractivity contribution >= 4 is 35.2 Å². The number of oxazole rings is 1. The Bertz CT molecular complexity index is 2340. The number of carbonyl (C=O) groups excluding carboxylic acids is 4. The third-order valence-electron chi connectivity index (χ3n) is 12.3. The summed E-state index contributed by atoms with van der Waals surface area (Å²) in [6, 6.07) is 19.4. The van der Waals surface area contributed by atoms with E-state index in [-0.39, 0.29) is 44.2 Å². The van der Waals surface area contributed by atoms with Gasteiger partial charge in [0.25, 0.3) is 11.8 Å². The number of hydrogen-bond donors (Lipinski definition) is 4. The second-order valence-electron chi connectivity index (χ2n) is 19.3.